The first-order valence-electron chi connectivity index (χ1n) is 4.19. The number of aliphatic hydroxyl groups excluding tert-OH is 1. The van der Waals surface area contributed by atoms with E-state index in [0.717, 1.165) is 0 Å². The Morgan fingerprint density at radius 3 is 2.35 bits per heavy atom. The van der Waals surface area contributed by atoms with E-state index in [4.69, 9.17) is 23.2 Å². The predicted octanol–water partition coefficient (Wildman–Crippen LogP) is 4.02. The van der Waals surface area contributed by atoms with Gasteiger partial charge in [-0.1, -0.05) is 23.2 Å². The Labute approximate surface area is 104 Å². The molecule has 0 aliphatic carbocycles. The van der Waals surface area contributed by atoms with Gasteiger partial charge in [0.15, 0.2) is 0 Å². The van der Waals surface area contributed by atoms with Crippen molar-refractivity contribution in [1.29, 1.82) is 0 Å². The molecule has 2 nitrogen and oxygen atoms in total. The van der Waals surface area contributed by atoms with E-state index >= 15 is 0 Å². The van der Waals surface area contributed by atoms with Gasteiger partial charge in [0, 0.05) is 16.7 Å². The molecule has 0 spiro atoms. The van der Waals surface area contributed by atoms with Gasteiger partial charge in [-0.25, -0.2) is 0 Å². The van der Waals surface area contributed by atoms with E-state index in [0.29, 0.717) is 0 Å². The number of hydrogen-bond acceptors (Lipinski definition) is 2. The first-order valence-corrected chi connectivity index (χ1v) is 4.94. The molecule has 92 valence electrons. The molecule has 0 unspecified atom stereocenters. The molecule has 1 aromatic rings. The van der Waals surface area contributed by atoms with Crippen LogP contribution in [0.4, 0.5) is 13.2 Å². The maximum absolute atomic E-state index is 11.9. The van der Waals surface area contributed by atoms with Gasteiger partial charge in [-0.2, -0.15) is 13.2 Å². The Bertz CT molecular complexity index is 481. The smallest absolute Gasteiger partial charge is 0.454 e. The highest BCUT2D eigenvalue weighted by molar-refractivity contribution is 6.35. The lowest BCUT2D eigenvalue weighted by molar-refractivity contribution is -0.165. The number of alkyl halides is 3. The van der Waals surface area contributed by atoms with Crippen LogP contribution in [0.5, 0.6) is 0 Å². The minimum Gasteiger partial charge on any atom is -0.507 e. The minimum atomic E-state index is -5.03. The lowest BCUT2D eigenvalue weighted by atomic mass is 10.1. The van der Waals surface area contributed by atoms with Gasteiger partial charge in [0.2, 0.25) is 0 Å². The zero-order valence-corrected chi connectivity index (χ0v) is 9.57. The molecule has 0 aliphatic rings. The molecule has 0 heterocycles. The number of halogens is 5. The number of aliphatic hydroxyl groups is 1. The van der Waals surface area contributed by atoms with Crippen molar-refractivity contribution in [3.05, 3.63) is 39.9 Å². The van der Waals surface area contributed by atoms with Crippen molar-refractivity contribution >= 4 is 34.7 Å². The van der Waals surface area contributed by atoms with Crippen LogP contribution in [0.1, 0.15) is 5.56 Å². The molecule has 0 aromatic heterocycles. The zero-order valence-electron chi connectivity index (χ0n) is 8.05. The lowest BCUT2D eigenvalue weighted by Crippen LogP contribution is -2.20. The SMILES string of the molecule is O=C(/C=C(/O)c1ccc(Cl)cc1Cl)C(F)(F)F. The van der Waals surface area contributed by atoms with Gasteiger partial charge in [-0.15, -0.1) is 0 Å². The molecule has 17 heavy (non-hydrogen) atoms. The quantitative estimate of drug-likeness (QED) is 0.658. The number of allylic oxidation sites excluding steroid dienone is 1. The summed E-state index contributed by atoms with van der Waals surface area (Å²) in [6.07, 6.45) is -4.97. The molecule has 0 saturated heterocycles. The molecule has 0 amide bonds. The molecule has 1 aromatic carbocycles. The van der Waals surface area contributed by atoms with Crippen molar-refractivity contribution in [1.82, 2.24) is 0 Å². The second-order valence-corrected chi connectivity index (χ2v) is 3.86. The van der Waals surface area contributed by atoms with Crippen LogP contribution in [-0.4, -0.2) is 17.1 Å². The van der Waals surface area contributed by atoms with E-state index in [-0.39, 0.29) is 21.7 Å². The van der Waals surface area contributed by atoms with E-state index in [9.17, 15) is 23.1 Å². The molecule has 0 atom stereocenters. The third-order valence-corrected chi connectivity index (χ3v) is 2.30. The average molecular weight is 285 g/mol. The van der Waals surface area contributed by atoms with Crippen molar-refractivity contribution in [3.63, 3.8) is 0 Å². The molecule has 0 radical (unpaired) electrons. The summed E-state index contributed by atoms with van der Waals surface area (Å²) in [7, 11) is 0. The standard InChI is InChI=1S/C10H5Cl2F3O2/c11-5-1-2-6(7(12)3-5)8(16)4-9(17)10(13,14)15/h1-4,16H/b8-4+. The van der Waals surface area contributed by atoms with Crippen molar-refractivity contribution in [3.8, 4) is 0 Å². The van der Waals surface area contributed by atoms with E-state index in [1.807, 2.05) is 0 Å². The van der Waals surface area contributed by atoms with Crippen LogP contribution in [-0.2, 0) is 4.79 Å². The zero-order chi connectivity index (χ0) is 13.2. The maximum Gasteiger partial charge on any atom is 0.454 e. The summed E-state index contributed by atoms with van der Waals surface area (Å²) in [6, 6.07) is 3.77. The lowest BCUT2D eigenvalue weighted by Gasteiger charge is -2.05. The van der Waals surface area contributed by atoms with Gasteiger partial charge >= 0.3 is 6.18 Å². The molecule has 0 fully saturated rings. The number of ketones is 1. The topological polar surface area (TPSA) is 37.3 Å². The maximum atomic E-state index is 11.9. The van der Waals surface area contributed by atoms with Crippen LogP contribution in [0.3, 0.4) is 0 Å². The third kappa shape index (κ3) is 3.64. The Morgan fingerprint density at radius 1 is 1.29 bits per heavy atom. The summed E-state index contributed by atoms with van der Waals surface area (Å²) in [5, 5.41) is 9.54. The summed E-state index contributed by atoms with van der Waals surface area (Å²) in [6.45, 7) is 0. The molecule has 0 bridgehead atoms. The molecule has 0 aliphatic heterocycles. The van der Waals surface area contributed by atoms with Crippen molar-refractivity contribution in [2.24, 2.45) is 0 Å². The van der Waals surface area contributed by atoms with Crippen LogP contribution >= 0.6 is 23.2 Å². The fraction of sp³-hybridized carbons (Fsp3) is 0.100. The van der Waals surface area contributed by atoms with Crippen LogP contribution in [0, 0.1) is 0 Å². The van der Waals surface area contributed by atoms with E-state index in [1.54, 1.807) is 0 Å². The van der Waals surface area contributed by atoms with Crippen LogP contribution < -0.4 is 0 Å². The van der Waals surface area contributed by atoms with E-state index in [2.05, 4.69) is 0 Å². The van der Waals surface area contributed by atoms with Crippen LogP contribution in [0.25, 0.3) is 5.76 Å². The van der Waals surface area contributed by atoms with Crippen molar-refractivity contribution < 1.29 is 23.1 Å². The Balaban J connectivity index is 3.09. The molecular formula is C10H5Cl2F3O2. The number of rotatable bonds is 2. The van der Waals surface area contributed by atoms with Crippen molar-refractivity contribution in [2.45, 2.75) is 6.18 Å². The van der Waals surface area contributed by atoms with Gasteiger partial charge in [0.1, 0.15) is 5.76 Å². The number of carbonyl (C=O) groups is 1. The van der Waals surface area contributed by atoms with Gasteiger partial charge in [0.05, 0.1) is 5.02 Å². The second-order valence-electron chi connectivity index (χ2n) is 3.02. The summed E-state index contributed by atoms with van der Waals surface area (Å²) in [4.78, 5) is 10.6. The normalized spacial score (nSPS) is 12.6. The molecular weight excluding hydrogens is 280 g/mol. The van der Waals surface area contributed by atoms with Gasteiger partial charge < -0.3 is 5.11 Å². The van der Waals surface area contributed by atoms with Crippen molar-refractivity contribution in [2.75, 3.05) is 0 Å². The van der Waals surface area contributed by atoms with Gasteiger partial charge in [-0.3, -0.25) is 4.79 Å². The van der Waals surface area contributed by atoms with Gasteiger partial charge in [0.25, 0.3) is 5.78 Å². The monoisotopic (exact) mass is 284 g/mol. The summed E-state index contributed by atoms with van der Waals surface area (Å²) >= 11 is 11.2. The second kappa shape index (κ2) is 4.98. The molecule has 7 heteroatoms. The number of carbonyl (C=O) groups excluding carboxylic acids is 1. The largest absolute Gasteiger partial charge is 0.507 e. The highest BCUT2D eigenvalue weighted by atomic mass is 35.5. The minimum absolute atomic E-state index is 0.0544. The van der Waals surface area contributed by atoms with Crippen LogP contribution in [0.15, 0.2) is 24.3 Å². The third-order valence-electron chi connectivity index (χ3n) is 1.75. The highest BCUT2D eigenvalue weighted by Crippen LogP contribution is 2.27. The summed E-state index contributed by atoms with van der Waals surface area (Å²) < 4.78 is 35.8. The fourth-order valence-electron chi connectivity index (χ4n) is 0.981. The summed E-state index contributed by atoms with van der Waals surface area (Å²) in [5.74, 6) is -3.03. The molecule has 0 saturated carbocycles. The molecule has 1 rings (SSSR count). The first kappa shape index (κ1) is 13.9. The number of hydrogen-bond donors (Lipinski definition) is 1. The first-order chi connectivity index (χ1) is 7.71. The average Bonchev–Trinajstić information content (AvgIpc) is 2.15. The van der Waals surface area contributed by atoms with Crippen LogP contribution in [0.2, 0.25) is 10.0 Å². The fourth-order valence-corrected chi connectivity index (χ4v) is 1.49. The highest BCUT2D eigenvalue weighted by Gasteiger charge is 2.37. The Morgan fingerprint density at radius 2 is 1.88 bits per heavy atom. The van der Waals surface area contributed by atoms with E-state index < -0.39 is 17.7 Å². The van der Waals surface area contributed by atoms with E-state index in [1.165, 1.54) is 18.2 Å². The summed E-state index contributed by atoms with van der Waals surface area (Å²) in [5.41, 5.74) is -0.103. The van der Waals surface area contributed by atoms with Gasteiger partial charge in [-0.05, 0) is 18.2 Å². The molecule has 1 N–H and O–H groups in total. The predicted molar refractivity (Wildman–Crippen MR) is 58.1 cm³/mol. The Hall–Kier alpha value is -1.20. The number of benzene rings is 1. The Kier molecular flexibility index (Phi) is 4.06.